The number of nitrogen functional groups attached to an aromatic ring is 1. The highest BCUT2D eigenvalue weighted by molar-refractivity contribution is 5.91. The predicted octanol–water partition coefficient (Wildman–Crippen LogP) is 3.36. The standard InChI is InChI=1S/C23H26F3N7O4/c1-22(2,3)37-21(35)32-7-6-14(10-32)36-12-19(34)30-17-11-33-18(29-17)5-4-16(31-33)13-8-15(23(24,25)26)20(27)28-9-13/h4-5,8-9,11,14H,6-7,10,12H2,1-3H3,(H2,27,28)(H,30,34)/t14-/m0/s1. The first-order chi connectivity index (χ1) is 17.3. The van der Waals surface area contributed by atoms with Gasteiger partial charge in [-0.1, -0.05) is 0 Å². The molecule has 0 unspecified atom stereocenters. The number of alkyl halides is 3. The SMILES string of the molecule is CC(C)(C)OC(=O)N1CC[C@H](OCC(=O)Nc2cn3nc(-c4cnc(N)c(C(F)(F)F)c4)ccc3n2)C1. The number of ether oxygens (including phenoxy) is 2. The summed E-state index contributed by atoms with van der Waals surface area (Å²) in [6.07, 6.45) is -2.20. The van der Waals surface area contributed by atoms with Gasteiger partial charge in [0.05, 0.1) is 30.1 Å². The number of nitrogens with one attached hydrogen (secondary N) is 1. The van der Waals surface area contributed by atoms with E-state index in [-0.39, 0.29) is 29.8 Å². The molecule has 198 valence electrons. The summed E-state index contributed by atoms with van der Waals surface area (Å²) in [4.78, 5) is 33.9. The Labute approximate surface area is 209 Å². The van der Waals surface area contributed by atoms with Gasteiger partial charge in [0.15, 0.2) is 11.5 Å². The van der Waals surface area contributed by atoms with E-state index in [9.17, 15) is 22.8 Å². The van der Waals surface area contributed by atoms with Crippen LogP contribution >= 0.6 is 0 Å². The minimum absolute atomic E-state index is 0.119. The van der Waals surface area contributed by atoms with Crippen LogP contribution in [-0.4, -0.2) is 67.9 Å². The van der Waals surface area contributed by atoms with Crippen molar-refractivity contribution in [1.29, 1.82) is 0 Å². The van der Waals surface area contributed by atoms with Gasteiger partial charge < -0.3 is 25.4 Å². The van der Waals surface area contributed by atoms with Gasteiger partial charge in [0, 0.05) is 18.3 Å². The van der Waals surface area contributed by atoms with Gasteiger partial charge in [0.2, 0.25) is 0 Å². The zero-order chi connectivity index (χ0) is 27.0. The number of fused-ring (bicyclic) bond motifs is 1. The molecule has 0 aliphatic carbocycles. The summed E-state index contributed by atoms with van der Waals surface area (Å²) in [6.45, 7) is 5.89. The van der Waals surface area contributed by atoms with Crippen LogP contribution < -0.4 is 11.1 Å². The molecule has 3 aromatic heterocycles. The van der Waals surface area contributed by atoms with Crippen LogP contribution in [0.4, 0.5) is 29.6 Å². The molecule has 11 nitrogen and oxygen atoms in total. The van der Waals surface area contributed by atoms with Crippen molar-refractivity contribution in [3.05, 3.63) is 36.2 Å². The Bertz CT molecular complexity index is 1320. The summed E-state index contributed by atoms with van der Waals surface area (Å²) in [6, 6.07) is 3.91. The molecular formula is C23H26F3N7O4. The lowest BCUT2D eigenvalue weighted by Gasteiger charge is -2.24. The van der Waals surface area contributed by atoms with E-state index < -0.39 is 35.2 Å². The molecule has 3 N–H and O–H groups in total. The molecule has 1 aliphatic rings. The summed E-state index contributed by atoms with van der Waals surface area (Å²) in [5, 5.41) is 6.86. The Morgan fingerprint density at radius 1 is 1.24 bits per heavy atom. The largest absolute Gasteiger partial charge is 0.444 e. The van der Waals surface area contributed by atoms with Gasteiger partial charge >= 0.3 is 12.3 Å². The van der Waals surface area contributed by atoms with E-state index in [1.165, 1.54) is 27.9 Å². The van der Waals surface area contributed by atoms with Gasteiger partial charge in [-0.25, -0.2) is 19.3 Å². The number of halogens is 3. The number of nitrogens with two attached hydrogens (primary N) is 1. The van der Waals surface area contributed by atoms with E-state index in [1.807, 2.05) is 0 Å². The lowest BCUT2D eigenvalue weighted by atomic mass is 10.1. The summed E-state index contributed by atoms with van der Waals surface area (Å²) < 4.78 is 51.8. The van der Waals surface area contributed by atoms with Crippen LogP contribution in [-0.2, 0) is 20.4 Å². The Hall–Kier alpha value is -3.94. The third-order valence-corrected chi connectivity index (χ3v) is 5.35. The van der Waals surface area contributed by atoms with Crippen molar-refractivity contribution < 1.29 is 32.2 Å². The molecule has 0 spiro atoms. The van der Waals surface area contributed by atoms with E-state index in [1.54, 1.807) is 26.8 Å². The van der Waals surface area contributed by atoms with Crippen LogP contribution in [0.15, 0.2) is 30.6 Å². The maximum absolute atomic E-state index is 13.2. The van der Waals surface area contributed by atoms with Crippen molar-refractivity contribution >= 4 is 29.3 Å². The highest BCUT2D eigenvalue weighted by Crippen LogP contribution is 2.34. The first-order valence-corrected chi connectivity index (χ1v) is 11.4. The van der Waals surface area contributed by atoms with Gasteiger partial charge in [0.1, 0.15) is 18.0 Å². The van der Waals surface area contributed by atoms with Gasteiger partial charge in [-0.15, -0.1) is 0 Å². The number of likely N-dealkylation sites (tertiary alicyclic amines) is 1. The Balaban J connectivity index is 1.36. The average molecular weight is 522 g/mol. The van der Waals surface area contributed by atoms with Crippen molar-refractivity contribution in [2.24, 2.45) is 0 Å². The first kappa shape index (κ1) is 26.1. The summed E-state index contributed by atoms with van der Waals surface area (Å²) in [7, 11) is 0. The van der Waals surface area contributed by atoms with Crippen molar-refractivity contribution in [1.82, 2.24) is 24.5 Å². The van der Waals surface area contributed by atoms with E-state index in [0.29, 0.717) is 25.2 Å². The van der Waals surface area contributed by atoms with Crippen LogP contribution in [0.3, 0.4) is 0 Å². The minimum atomic E-state index is -4.65. The summed E-state index contributed by atoms with van der Waals surface area (Å²) in [5.41, 5.74) is 4.40. The van der Waals surface area contributed by atoms with Crippen LogP contribution in [0.1, 0.15) is 32.8 Å². The van der Waals surface area contributed by atoms with Gasteiger partial charge in [0.25, 0.3) is 5.91 Å². The number of carbonyl (C=O) groups is 2. The third-order valence-electron chi connectivity index (χ3n) is 5.35. The maximum atomic E-state index is 13.2. The fourth-order valence-electron chi connectivity index (χ4n) is 3.67. The molecule has 1 atom stereocenters. The predicted molar refractivity (Wildman–Crippen MR) is 126 cm³/mol. The molecule has 14 heteroatoms. The highest BCUT2D eigenvalue weighted by Gasteiger charge is 2.34. The van der Waals surface area contributed by atoms with Crippen molar-refractivity contribution in [2.75, 3.05) is 30.7 Å². The fraction of sp³-hybridized carbons (Fsp3) is 0.435. The number of carbonyl (C=O) groups excluding carboxylic acids is 2. The van der Waals surface area contributed by atoms with Crippen LogP contribution in [0, 0.1) is 0 Å². The van der Waals surface area contributed by atoms with Crippen molar-refractivity contribution in [3.8, 4) is 11.3 Å². The monoisotopic (exact) mass is 521 g/mol. The molecule has 4 rings (SSSR count). The van der Waals surface area contributed by atoms with Gasteiger partial charge in [-0.05, 0) is 45.4 Å². The van der Waals surface area contributed by atoms with Crippen molar-refractivity contribution in [3.63, 3.8) is 0 Å². The van der Waals surface area contributed by atoms with Gasteiger partial charge in [-0.2, -0.15) is 18.3 Å². The molecule has 0 saturated carbocycles. The normalized spacial score (nSPS) is 16.3. The number of hydrogen-bond acceptors (Lipinski definition) is 8. The van der Waals surface area contributed by atoms with E-state index >= 15 is 0 Å². The number of nitrogens with zero attached hydrogens (tertiary/aromatic N) is 5. The molecule has 2 amide bonds. The Morgan fingerprint density at radius 3 is 2.70 bits per heavy atom. The zero-order valence-electron chi connectivity index (χ0n) is 20.4. The fourth-order valence-corrected chi connectivity index (χ4v) is 3.67. The summed E-state index contributed by atoms with van der Waals surface area (Å²) >= 11 is 0. The number of aromatic nitrogens is 4. The van der Waals surface area contributed by atoms with Crippen LogP contribution in [0.2, 0.25) is 0 Å². The topological polar surface area (TPSA) is 137 Å². The number of hydrogen-bond donors (Lipinski definition) is 2. The zero-order valence-corrected chi connectivity index (χ0v) is 20.4. The van der Waals surface area contributed by atoms with Crippen LogP contribution in [0.5, 0.6) is 0 Å². The summed E-state index contributed by atoms with van der Waals surface area (Å²) in [5.74, 6) is -0.898. The molecule has 3 aromatic rings. The molecule has 0 radical (unpaired) electrons. The number of imidazole rings is 1. The number of anilines is 2. The molecular weight excluding hydrogens is 495 g/mol. The second-order valence-electron chi connectivity index (χ2n) is 9.50. The van der Waals surface area contributed by atoms with Gasteiger partial charge in [-0.3, -0.25) is 4.79 Å². The minimum Gasteiger partial charge on any atom is -0.444 e. The number of amides is 2. The Morgan fingerprint density at radius 2 is 2.00 bits per heavy atom. The quantitative estimate of drug-likeness (QED) is 0.522. The van der Waals surface area contributed by atoms with Crippen LogP contribution in [0.25, 0.3) is 16.9 Å². The third kappa shape index (κ3) is 6.44. The molecule has 0 bridgehead atoms. The molecule has 1 saturated heterocycles. The smallest absolute Gasteiger partial charge is 0.419 e. The Kier molecular flexibility index (Phi) is 6.95. The van der Waals surface area contributed by atoms with Crippen molar-refractivity contribution in [2.45, 2.75) is 45.1 Å². The number of pyridine rings is 1. The molecule has 1 fully saturated rings. The molecule has 4 heterocycles. The second-order valence-corrected chi connectivity index (χ2v) is 9.50. The second kappa shape index (κ2) is 9.84. The average Bonchev–Trinajstić information content (AvgIpc) is 3.42. The molecule has 1 aliphatic heterocycles. The highest BCUT2D eigenvalue weighted by atomic mass is 19.4. The first-order valence-electron chi connectivity index (χ1n) is 11.4. The number of rotatable bonds is 5. The maximum Gasteiger partial charge on any atom is 0.419 e. The molecule has 37 heavy (non-hydrogen) atoms. The lowest BCUT2D eigenvalue weighted by Crippen LogP contribution is -2.36. The lowest BCUT2D eigenvalue weighted by molar-refractivity contribution is -0.137. The molecule has 0 aromatic carbocycles. The van der Waals surface area contributed by atoms with E-state index in [2.05, 4.69) is 20.4 Å². The van der Waals surface area contributed by atoms with E-state index in [0.717, 1.165) is 6.07 Å². The van der Waals surface area contributed by atoms with E-state index in [4.69, 9.17) is 15.2 Å².